The maximum Gasteiger partial charge on any atom is 0.147 e. The standard InChI is InChI=1S/C10H10ClFN2/c1-14-8(5-13)9(11)6-3-2-4-7(12)10(6)14/h2-4H,5,13H2,1H3. The predicted molar refractivity (Wildman–Crippen MR) is 55.8 cm³/mol. The number of nitrogens with two attached hydrogens (primary N) is 1. The van der Waals surface area contributed by atoms with E-state index in [-0.39, 0.29) is 5.82 Å². The van der Waals surface area contributed by atoms with Crippen molar-refractivity contribution in [2.24, 2.45) is 12.8 Å². The summed E-state index contributed by atoms with van der Waals surface area (Å²) in [5, 5.41) is 1.26. The van der Waals surface area contributed by atoms with Crippen molar-refractivity contribution < 1.29 is 4.39 Å². The molecule has 74 valence electrons. The number of aryl methyl sites for hydroxylation is 1. The summed E-state index contributed by atoms with van der Waals surface area (Å²) in [6.45, 7) is 0.309. The summed E-state index contributed by atoms with van der Waals surface area (Å²) in [7, 11) is 1.76. The topological polar surface area (TPSA) is 30.9 Å². The Balaban J connectivity index is 2.94. The lowest BCUT2D eigenvalue weighted by Gasteiger charge is -2.01. The van der Waals surface area contributed by atoms with E-state index in [4.69, 9.17) is 17.3 Å². The highest BCUT2D eigenvalue weighted by atomic mass is 35.5. The third kappa shape index (κ3) is 1.13. The van der Waals surface area contributed by atoms with Gasteiger partial charge in [0.05, 0.1) is 16.2 Å². The van der Waals surface area contributed by atoms with Gasteiger partial charge in [0, 0.05) is 19.0 Å². The number of rotatable bonds is 1. The molecule has 2 aromatic rings. The molecule has 2 nitrogen and oxygen atoms in total. The molecule has 0 unspecified atom stereocenters. The predicted octanol–water partition coefficient (Wildman–Crippen LogP) is 2.43. The van der Waals surface area contributed by atoms with Gasteiger partial charge in [-0.1, -0.05) is 23.7 Å². The van der Waals surface area contributed by atoms with Crippen LogP contribution in [0, 0.1) is 5.82 Å². The minimum absolute atomic E-state index is 0.272. The van der Waals surface area contributed by atoms with Gasteiger partial charge in [0.2, 0.25) is 0 Å². The number of para-hydroxylation sites is 1. The van der Waals surface area contributed by atoms with Crippen molar-refractivity contribution in [1.82, 2.24) is 4.57 Å². The zero-order chi connectivity index (χ0) is 10.3. The van der Waals surface area contributed by atoms with Gasteiger partial charge in [-0.25, -0.2) is 4.39 Å². The van der Waals surface area contributed by atoms with Crippen LogP contribution in [0.2, 0.25) is 5.02 Å². The highest BCUT2D eigenvalue weighted by Crippen LogP contribution is 2.30. The molecule has 2 rings (SSSR count). The molecule has 2 N–H and O–H groups in total. The summed E-state index contributed by atoms with van der Waals surface area (Å²) >= 11 is 6.07. The van der Waals surface area contributed by atoms with Gasteiger partial charge >= 0.3 is 0 Å². The average molecular weight is 213 g/mol. The first kappa shape index (κ1) is 9.49. The molecule has 1 aromatic heterocycles. The van der Waals surface area contributed by atoms with Crippen LogP contribution in [0.4, 0.5) is 4.39 Å². The third-order valence-corrected chi connectivity index (χ3v) is 2.83. The fourth-order valence-electron chi connectivity index (χ4n) is 1.70. The van der Waals surface area contributed by atoms with Crippen molar-refractivity contribution in [2.75, 3.05) is 0 Å². The third-order valence-electron chi connectivity index (χ3n) is 2.41. The Morgan fingerprint density at radius 1 is 1.50 bits per heavy atom. The first-order chi connectivity index (χ1) is 6.66. The molecule has 4 heteroatoms. The molecule has 0 saturated carbocycles. The van der Waals surface area contributed by atoms with Crippen molar-refractivity contribution in [3.05, 3.63) is 34.7 Å². The van der Waals surface area contributed by atoms with E-state index in [1.54, 1.807) is 23.7 Å². The average Bonchev–Trinajstić information content (AvgIpc) is 2.41. The van der Waals surface area contributed by atoms with Gasteiger partial charge in [-0.15, -0.1) is 0 Å². The second-order valence-electron chi connectivity index (χ2n) is 3.16. The highest BCUT2D eigenvalue weighted by molar-refractivity contribution is 6.36. The molecule has 0 spiro atoms. The van der Waals surface area contributed by atoms with E-state index in [1.165, 1.54) is 6.07 Å². The van der Waals surface area contributed by atoms with E-state index < -0.39 is 0 Å². The SMILES string of the molecule is Cn1c(CN)c(Cl)c2cccc(F)c21. The molecule has 14 heavy (non-hydrogen) atoms. The Kier molecular flexibility index (Phi) is 2.21. The van der Waals surface area contributed by atoms with Crippen molar-refractivity contribution in [3.8, 4) is 0 Å². The van der Waals surface area contributed by atoms with Crippen LogP contribution in [0.3, 0.4) is 0 Å². The second kappa shape index (κ2) is 3.26. The monoisotopic (exact) mass is 212 g/mol. The zero-order valence-corrected chi connectivity index (χ0v) is 8.48. The highest BCUT2D eigenvalue weighted by Gasteiger charge is 2.14. The van der Waals surface area contributed by atoms with Crippen LogP contribution in [-0.4, -0.2) is 4.57 Å². The van der Waals surface area contributed by atoms with Crippen LogP contribution < -0.4 is 5.73 Å². The van der Waals surface area contributed by atoms with Crippen molar-refractivity contribution >= 4 is 22.5 Å². The Morgan fingerprint density at radius 3 is 2.79 bits per heavy atom. The molecular weight excluding hydrogens is 203 g/mol. The van der Waals surface area contributed by atoms with Crippen molar-refractivity contribution in [3.63, 3.8) is 0 Å². The van der Waals surface area contributed by atoms with Gasteiger partial charge in [-0.05, 0) is 6.07 Å². The number of nitrogens with zero attached hydrogens (tertiary/aromatic N) is 1. The molecule has 1 heterocycles. The minimum atomic E-state index is -0.272. The number of hydrogen-bond acceptors (Lipinski definition) is 1. The van der Waals surface area contributed by atoms with E-state index in [9.17, 15) is 4.39 Å². The maximum atomic E-state index is 13.5. The van der Waals surface area contributed by atoms with Gasteiger partial charge in [0.1, 0.15) is 5.82 Å². The van der Waals surface area contributed by atoms with Crippen molar-refractivity contribution in [1.29, 1.82) is 0 Å². The zero-order valence-electron chi connectivity index (χ0n) is 7.72. The molecule has 0 bridgehead atoms. The Labute approximate surface area is 86.1 Å². The molecule has 0 atom stereocenters. The van der Waals surface area contributed by atoms with Gasteiger partial charge < -0.3 is 10.3 Å². The van der Waals surface area contributed by atoms with E-state index in [0.717, 1.165) is 11.1 Å². The molecular formula is C10H10ClFN2. The molecule has 0 saturated heterocycles. The molecule has 0 radical (unpaired) electrons. The van der Waals surface area contributed by atoms with Gasteiger partial charge in [-0.2, -0.15) is 0 Å². The number of hydrogen-bond donors (Lipinski definition) is 1. The summed E-state index contributed by atoms with van der Waals surface area (Å²) in [4.78, 5) is 0. The van der Waals surface area contributed by atoms with Crippen LogP contribution in [0.5, 0.6) is 0 Å². The second-order valence-corrected chi connectivity index (χ2v) is 3.54. The minimum Gasteiger partial charge on any atom is -0.343 e. The van der Waals surface area contributed by atoms with Crippen LogP contribution in [0.25, 0.3) is 10.9 Å². The molecule has 0 aliphatic rings. The van der Waals surface area contributed by atoms with Crippen LogP contribution >= 0.6 is 11.6 Å². The Morgan fingerprint density at radius 2 is 2.21 bits per heavy atom. The molecule has 0 amide bonds. The molecule has 0 aliphatic carbocycles. The summed E-state index contributed by atoms with van der Waals surface area (Å²) in [6.07, 6.45) is 0. The largest absolute Gasteiger partial charge is 0.343 e. The number of aromatic nitrogens is 1. The summed E-state index contributed by atoms with van der Waals surface area (Å²) in [5.41, 5.74) is 6.81. The fraction of sp³-hybridized carbons (Fsp3) is 0.200. The number of fused-ring (bicyclic) bond motifs is 1. The number of benzene rings is 1. The molecule has 0 aliphatic heterocycles. The Hall–Kier alpha value is -1.06. The lowest BCUT2D eigenvalue weighted by atomic mass is 10.2. The quantitative estimate of drug-likeness (QED) is 0.774. The Bertz CT molecular complexity index is 490. The van der Waals surface area contributed by atoms with Crippen LogP contribution in [0.1, 0.15) is 5.69 Å². The number of halogens is 2. The smallest absolute Gasteiger partial charge is 0.147 e. The first-order valence-corrected chi connectivity index (χ1v) is 4.66. The lowest BCUT2D eigenvalue weighted by molar-refractivity contribution is 0.630. The van der Waals surface area contributed by atoms with E-state index in [0.29, 0.717) is 17.1 Å². The van der Waals surface area contributed by atoms with E-state index >= 15 is 0 Å². The van der Waals surface area contributed by atoms with Gasteiger partial charge in [-0.3, -0.25) is 0 Å². The molecule has 1 aromatic carbocycles. The first-order valence-electron chi connectivity index (χ1n) is 4.28. The lowest BCUT2D eigenvalue weighted by Crippen LogP contribution is -2.03. The van der Waals surface area contributed by atoms with Crippen molar-refractivity contribution in [2.45, 2.75) is 6.54 Å². The summed E-state index contributed by atoms with van der Waals surface area (Å²) < 4.78 is 15.2. The summed E-state index contributed by atoms with van der Waals surface area (Å²) in [6, 6.07) is 4.85. The maximum absolute atomic E-state index is 13.5. The fourth-order valence-corrected chi connectivity index (χ4v) is 2.05. The van der Waals surface area contributed by atoms with Crippen LogP contribution in [0.15, 0.2) is 18.2 Å². The van der Waals surface area contributed by atoms with Crippen LogP contribution in [-0.2, 0) is 13.6 Å². The van der Waals surface area contributed by atoms with E-state index in [2.05, 4.69) is 0 Å². The summed E-state index contributed by atoms with van der Waals surface area (Å²) in [5.74, 6) is -0.272. The van der Waals surface area contributed by atoms with E-state index in [1.807, 2.05) is 0 Å². The normalized spacial score (nSPS) is 11.1. The molecule has 0 fully saturated rings. The van der Waals surface area contributed by atoms with Gasteiger partial charge in [0.25, 0.3) is 0 Å². The van der Waals surface area contributed by atoms with Gasteiger partial charge in [0.15, 0.2) is 0 Å².